The van der Waals surface area contributed by atoms with Crippen LogP contribution in [0.4, 0.5) is 5.69 Å². The summed E-state index contributed by atoms with van der Waals surface area (Å²) in [6.07, 6.45) is 0. The lowest BCUT2D eigenvalue weighted by molar-refractivity contribution is 0.0526. The van der Waals surface area contributed by atoms with Crippen LogP contribution in [0.15, 0.2) is 24.3 Å². The molecule has 0 aliphatic rings. The largest absolute Gasteiger partial charge is 0.462 e. The molecule has 1 aromatic rings. The Hall–Kier alpha value is -1.22. The molecule has 0 heterocycles. The van der Waals surface area contributed by atoms with Gasteiger partial charge < -0.3 is 10.5 Å². The van der Waals surface area contributed by atoms with Crippen molar-refractivity contribution in [1.29, 1.82) is 0 Å². The molecule has 0 aliphatic carbocycles. The summed E-state index contributed by atoms with van der Waals surface area (Å²) in [5, 5.41) is 0. The molecule has 0 saturated carbocycles. The van der Waals surface area contributed by atoms with E-state index in [1.807, 2.05) is 0 Å². The van der Waals surface area contributed by atoms with Crippen LogP contribution in [0.25, 0.3) is 0 Å². The first-order chi connectivity index (χ1) is 5.74. The van der Waals surface area contributed by atoms with Crippen molar-refractivity contribution < 1.29 is 9.53 Å². The second-order valence-electron chi connectivity index (χ2n) is 2.35. The first kappa shape index (κ1) is 11.8. The summed E-state index contributed by atoms with van der Waals surface area (Å²) in [4.78, 5) is 11.1. The number of ether oxygens (including phenoxy) is 1. The van der Waals surface area contributed by atoms with E-state index in [4.69, 9.17) is 10.5 Å². The normalized spacial score (nSPS) is 8.69. The number of anilines is 1. The minimum atomic E-state index is -0.329. The summed E-state index contributed by atoms with van der Waals surface area (Å²) >= 11 is 0. The van der Waals surface area contributed by atoms with E-state index < -0.39 is 0 Å². The highest BCUT2D eigenvalue weighted by Gasteiger charge is 2.04. The van der Waals surface area contributed by atoms with E-state index in [1.54, 1.807) is 31.2 Å². The Morgan fingerprint density at radius 3 is 2.77 bits per heavy atom. The summed E-state index contributed by atoms with van der Waals surface area (Å²) in [6, 6.07) is 6.72. The van der Waals surface area contributed by atoms with Crippen molar-refractivity contribution in [2.75, 3.05) is 12.3 Å². The van der Waals surface area contributed by atoms with Gasteiger partial charge in [0.15, 0.2) is 0 Å². The van der Waals surface area contributed by atoms with Gasteiger partial charge in [0.25, 0.3) is 0 Å². The number of carbonyl (C=O) groups is 1. The molecule has 0 bridgehead atoms. The third-order valence-corrected chi connectivity index (χ3v) is 1.40. The van der Waals surface area contributed by atoms with E-state index in [9.17, 15) is 4.79 Å². The molecule has 0 spiro atoms. The number of hydrogen-bond acceptors (Lipinski definition) is 3. The average molecular weight is 202 g/mol. The van der Waals surface area contributed by atoms with E-state index in [0.29, 0.717) is 17.9 Å². The Bertz CT molecular complexity index is 289. The van der Waals surface area contributed by atoms with Crippen molar-refractivity contribution in [2.45, 2.75) is 6.92 Å². The van der Waals surface area contributed by atoms with Crippen LogP contribution >= 0.6 is 12.4 Å². The molecular formula is C9H12ClNO2. The van der Waals surface area contributed by atoms with Gasteiger partial charge in [-0.05, 0) is 25.1 Å². The molecule has 0 amide bonds. The summed E-state index contributed by atoms with van der Waals surface area (Å²) in [5.74, 6) is -0.329. The van der Waals surface area contributed by atoms with Gasteiger partial charge >= 0.3 is 5.97 Å². The molecule has 0 fully saturated rings. The monoisotopic (exact) mass is 201 g/mol. The van der Waals surface area contributed by atoms with Crippen LogP contribution in [-0.4, -0.2) is 12.6 Å². The van der Waals surface area contributed by atoms with Crippen LogP contribution in [-0.2, 0) is 4.74 Å². The van der Waals surface area contributed by atoms with Crippen LogP contribution < -0.4 is 5.73 Å². The Morgan fingerprint density at radius 2 is 2.23 bits per heavy atom. The maximum absolute atomic E-state index is 11.1. The van der Waals surface area contributed by atoms with Crippen molar-refractivity contribution in [3.8, 4) is 0 Å². The molecular weight excluding hydrogens is 190 g/mol. The van der Waals surface area contributed by atoms with Gasteiger partial charge in [0.2, 0.25) is 0 Å². The summed E-state index contributed by atoms with van der Waals surface area (Å²) < 4.78 is 4.79. The highest BCUT2D eigenvalue weighted by molar-refractivity contribution is 5.90. The van der Waals surface area contributed by atoms with Gasteiger partial charge in [-0.3, -0.25) is 0 Å². The fourth-order valence-electron chi connectivity index (χ4n) is 0.880. The molecule has 1 aromatic carbocycles. The van der Waals surface area contributed by atoms with Gasteiger partial charge in [-0.25, -0.2) is 4.79 Å². The molecule has 13 heavy (non-hydrogen) atoms. The van der Waals surface area contributed by atoms with Crippen LogP contribution in [0.3, 0.4) is 0 Å². The number of carbonyl (C=O) groups excluding carboxylic acids is 1. The maximum atomic E-state index is 11.1. The molecule has 0 saturated heterocycles. The van der Waals surface area contributed by atoms with Crippen molar-refractivity contribution in [3.63, 3.8) is 0 Å². The van der Waals surface area contributed by atoms with Crippen molar-refractivity contribution >= 4 is 24.1 Å². The molecule has 2 N–H and O–H groups in total. The van der Waals surface area contributed by atoms with Gasteiger partial charge in [-0.1, -0.05) is 6.07 Å². The third kappa shape index (κ3) is 3.34. The Kier molecular flexibility index (Phi) is 4.92. The standard InChI is InChI=1S/C9H11NO2.ClH/c1-2-12-9(11)7-4-3-5-8(10)6-7;/h3-6H,2,10H2,1H3;1H. The summed E-state index contributed by atoms with van der Waals surface area (Å²) in [5.41, 5.74) is 6.55. The average Bonchev–Trinajstić information content (AvgIpc) is 2.05. The fourth-order valence-corrected chi connectivity index (χ4v) is 0.880. The first-order valence-electron chi connectivity index (χ1n) is 3.76. The number of benzene rings is 1. The smallest absolute Gasteiger partial charge is 0.338 e. The van der Waals surface area contributed by atoms with E-state index in [-0.39, 0.29) is 18.4 Å². The number of nitrogens with two attached hydrogens (primary N) is 1. The third-order valence-electron chi connectivity index (χ3n) is 1.40. The second kappa shape index (κ2) is 5.43. The zero-order chi connectivity index (χ0) is 8.97. The molecule has 0 radical (unpaired) electrons. The molecule has 0 unspecified atom stereocenters. The van der Waals surface area contributed by atoms with Gasteiger partial charge in [-0.2, -0.15) is 0 Å². The highest BCUT2D eigenvalue weighted by atomic mass is 35.5. The minimum Gasteiger partial charge on any atom is -0.462 e. The quantitative estimate of drug-likeness (QED) is 0.587. The minimum absolute atomic E-state index is 0. The van der Waals surface area contributed by atoms with Crippen LogP contribution in [0.1, 0.15) is 17.3 Å². The zero-order valence-electron chi connectivity index (χ0n) is 7.32. The summed E-state index contributed by atoms with van der Waals surface area (Å²) in [7, 11) is 0. The Morgan fingerprint density at radius 1 is 1.54 bits per heavy atom. The lowest BCUT2D eigenvalue weighted by Gasteiger charge is -2.01. The summed E-state index contributed by atoms with van der Waals surface area (Å²) in [6.45, 7) is 2.15. The molecule has 0 aliphatic heterocycles. The topological polar surface area (TPSA) is 52.3 Å². The van der Waals surface area contributed by atoms with Gasteiger partial charge in [0.05, 0.1) is 12.2 Å². The van der Waals surface area contributed by atoms with E-state index >= 15 is 0 Å². The van der Waals surface area contributed by atoms with Gasteiger partial charge in [-0.15, -0.1) is 12.4 Å². The Balaban J connectivity index is 0.00000144. The van der Waals surface area contributed by atoms with E-state index in [2.05, 4.69) is 0 Å². The van der Waals surface area contributed by atoms with Crippen molar-refractivity contribution in [2.24, 2.45) is 0 Å². The second-order valence-corrected chi connectivity index (χ2v) is 2.35. The van der Waals surface area contributed by atoms with E-state index in [0.717, 1.165) is 0 Å². The highest BCUT2D eigenvalue weighted by Crippen LogP contribution is 2.07. The number of esters is 1. The van der Waals surface area contributed by atoms with Gasteiger partial charge in [0.1, 0.15) is 0 Å². The predicted molar refractivity (Wildman–Crippen MR) is 54.1 cm³/mol. The Labute approximate surface area is 83.3 Å². The molecule has 3 nitrogen and oxygen atoms in total. The molecule has 4 heteroatoms. The molecule has 1 rings (SSSR count). The zero-order valence-corrected chi connectivity index (χ0v) is 8.14. The molecule has 72 valence electrons. The first-order valence-corrected chi connectivity index (χ1v) is 3.76. The van der Waals surface area contributed by atoms with Crippen LogP contribution in [0.5, 0.6) is 0 Å². The fraction of sp³-hybridized carbons (Fsp3) is 0.222. The van der Waals surface area contributed by atoms with Crippen molar-refractivity contribution in [1.82, 2.24) is 0 Å². The lowest BCUT2D eigenvalue weighted by atomic mass is 10.2. The van der Waals surface area contributed by atoms with Crippen LogP contribution in [0, 0.1) is 0 Å². The SMILES string of the molecule is CCOC(=O)c1cccc(N)c1.Cl. The number of rotatable bonds is 2. The van der Waals surface area contributed by atoms with Gasteiger partial charge in [0, 0.05) is 5.69 Å². The van der Waals surface area contributed by atoms with Crippen LogP contribution in [0.2, 0.25) is 0 Å². The van der Waals surface area contributed by atoms with E-state index in [1.165, 1.54) is 0 Å². The lowest BCUT2D eigenvalue weighted by Crippen LogP contribution is -2.04. The predicted octanol–water partition coefficient (Wildman–Crippen LogP) is 1.87. The maximum Gasteiger partial charge on any atom is 0.338 e. The number of nitrogen functional groups attached to an aromatic ring is 1. The number of hydrogen-bond donors (Lipinski definition) is 1. The number of halogens is 1. The molecule has 0 aromatic heterocycles. The molecule has 0 atom stereocenters. The van der Waals surface area contributed by atoms with Crippen molar-refractivity contribution in [3.05, 3.63) is 29.8 Å².